The molecule has 0 N–H and O–H groups in total. The number of rotatable bonds is 7. The van der Waals surface area contributed by atoms with Crippen LogP contribution in [-0.2, 0) is 9.53 Å². The second-order valence-electron chi connectivity index (χ2n) is 5.28. The number of carbonyl (C=O) groups excluding carboxylic acids is 2. The zero-order chi connectivity index (χ0) is 19.1. The maximum atomic E-state index is 12.1. The highest BCUT2D eigenvalue weighted by molar-refractivity contribution is 6.32. The summed E-state index contributed by atoms with van der Waals surface area (Å²) in [4.78, 5) is 24.1. The van der Waals surface area contributed by atoms with E-state index in [-0.39, 0.29) is 0 Å². The Morgan fingerprint density at radius 1 is 1.19 bits per heavy atom. The van der Waals surface area contributed by atoms with E-state index in [4.69, 9.17) is 31.1 Å². The van der Waals surface area contributed by atoms with Crippen molar-refractivity contribution in [2.45, 2.75) is 13.0 Å². The van der Waals surface area contributed by atoms with Gasteiger partial charge < -0.3 is 14.2 Å². The number of ether oxygens (including phenoxy) is 3. The molecule has 134 valence electrons. The first kappa shape index (κ1) is 19.3. The van der Waals surface area contributed by atoms with E-state index in [1.807, 2.05) is 6.07 Å². The first-order valence-electron chi connectivity index (χ1n) is 7.64. The molecule has 0 bridgehead atoms. The minimum Gasteiger partial charge on any atom is -0.495 e. The Kier molecular flexibility index (Phi) is 6.59. The van der Waals surface area contributed by atoms with Gasteiger partial charge in [0.25, 0.3) is 0 Å². The Morgan fingerprint density at radius 2 is 1.88 bits per heavy atom. The third-order valence-electron chi connectivity index (χ3n) is 3.45. The average molecular weight is 374 g/mol. The first-order valence-corrected chi connectivity index (χ1v) is 8.02. The smallest absolute Gasteiger partial charge is 0.347 e. The van der Waals surface area contributed by atoms with Gasteiger partial charge >= 0.3 is 5.97 Å². The van der Waals surface area contributed by atoms with Crippen LogP contribution in [0.4, 0.5) is 0 Å². The molecule has 2 aromatic rings. The molecule has 0 radical (unpaired) electrons. The van der Waals surface area contributed by atoms with Gasteiger partial charge in [-0.05, 0) is 49.4 Å². The summed E-state index contributed by atoms with van der Waals surface area (Å²) >= 11 is 5.97. The summed E-state index contributed by atoms with van der Waals surface area (Å²) in [5, 5.41) is 9.04. The van der Waals surface area contributed by atoms with Crippen LogP contribution in [0.25, 0.3) is 0 Å². The zero-order valence-electron chi connectivity index (χ0n) is 14.2. The monoisotopic (exact) mass is 373 g/mol. The summed E-state index contributed by atoms with van der Waals surface area (Å²) in [6.07, 6.45) is -0.907. The van der Waals surface area contributed by atoms with E-state index in [0.717, 1.165) is 0 Å². The molecule has 0 saturated carbocycles. The SMILES string of the molecule is COc1ccc(C(=O)COC(=O)[C@@H](C)Oc2ccc(C#N)cc2)cc1Cl. The molecular formula is C19H16ClNO5. The highest BCUT2D eigenvalue weighted by Gasteiger charge is 2.19. The molecule has 1 atom stereocenters. The summed E-state index contributed by atoms with van der Waals surface area (Å²) < 4.78 is 15.4. The molecule has 0 aliphatic rings. The van der Waals surface area contributed by atoms with Gasteiger partial charge in [0, 0.05) is 5.56 Å². The number of benzene rings is 2. The third kappa shape index (κ3) is 4.98. The lowest BCUT2D eigenvalue weighted by Gasteiger charge is -2.14. The van der Waals surface area contributed by atoms with E-state index in [9.17, 15) is 9.59 Å². The fourth-order valence-corrected chi connectivity index (χ4v) is 2.30. The van der Waals surface area contributed by atoms with Crippen LogP contribution in [0.1, 0.15) is 22.8 Å². The lowest BCUT2D eigenvalue weighted by atomic mass is 10.1. The number of esters is 1. The summed E-state index contributed by atoms with van der Waals surface area (Å²) in [5.74, 6) is -0.206. The molecule has 7 heteroatoms. The number of methoxy groups -OCH3 is 1. The number of nitriles is 1. The van der Waals surface area contributed by atoms with E-state index in [2.05, 4.69) is 0 Å². The van der Waals surface area contributed by atoms with Crippen molar-refractivity contribution in [3.63, 3.8) is 0 Å². The molecule has 0 fully saturated rings. The topological polar surface area (TPSA) is 85.6 Å². The van der Waals surface area contributed by atoms with Crippen LogP contribution in [0.15, 0.2) is 42.5 Å². The Bertz CT molecular complexity index is 842. The van der Waals surface area contributed by atoms with Crippen LogP contribution in [0.3, 0.4) is 0 Å². The number of nitrogens with zero attached hydrogens (tertiary/aromatic N) is 1. The molecule has 0 aromatic heterocycles. The van der Waals surface area contributed by atoms with Gasteiger partial charge in [-0.25, -0.2) is 4.79 Å². The molecule has 2 aromatic carbocycles. The van der Waals surface area contributed by atoms with Gasteiger partial charge in [-0.1, -0.05) is 11.6 Å². The second-order valence-corrected chi connectivity index (χ2v) is 5.68. The van der Waals surface area contributed by atoms with Gasteiger partial charge in [0.2, 0.25) is 0 Å². The lowest BCUT2D eigenvalue weighted by Crippen LogP contribution is -2.28. The number of Topliss-reactive ketones (excluding diaryl/α,β-unsaturated/α-hetero) is 1. The fourth-order valence-electron chi connectivity index (χ4n) is 2.04. The van der Waals surface area contributed by atoms with Crippen molar-refractivity contribution in [2.24, 2.45) is 0 Å². The van der Waals surface area contributed by atoms with Crippen LogP contribution in [-0.4, -0.2) is 31.6 Å². The molecule has 0 aliphatic heterocycles. The maximum Gasteiger partial charge on any atom is 0.347 e. The molecular weight excluding hydrogens is 358 g/mol. The standard InChI is InChI=1S/C19H16ClNO5/c1-12(26-15-6-3-13(10-21)4-7-15)19(23)25-11-17(22)14-5-8-18(24-2)16(20)9-14/h3-9,12H,11H2,1-2H3/t12-/m1/s1. The number of hydrogen-bond donors (Lipinski definition) is 0. The predicted molar refractivity (Wildman–Crippen MR) is 94.5 cm³/mol. The van der Waals surface area contributed by atoms with Gasteiger partial charge in [-0.3, -0.25) is 4.79 Å². The number of halogens is 1. The normalized spacial score (nSPS) is 11.2. The molecule has 0 unspecified atom stereocenters. The molecule has 0 saturated heterocycles. The molecule has 2 rings (SSSR count). The van der Waals surface area contributed by atoms with Crippen molar-refractivity contribution < 1.29 is 23.8 Å². The fraction of sp³-hybridized carbons (Fsp3) is 0.211. The van der Waals surface area contributed by atoms with E-state index in [0.29, 0.717) is 27.6 Å². The molecule has 0 spiro atoms. The Labute approximate surface area is 155 Å². The van der Waals surface area contributed by atoms with Gasteiger partial charge in [-0.15, -0.1) is 0 Å². The molecule has 0 amide bonds. The maximum absolute atomic E-state index is 12.1. The minimum atomic E-state index is -0.907. The summed E-state index contributed by atoms with van der Waals surface area (Å²) in [6.45, 7) is 1.08. The quantitative estimate of drug-likeness (QED) is 0.546. The molecule has 0 heterocycles. The second kappa shape index (κ2) is 8.88. The van der Waals surface area contributed by atoms with Crippen LogP contribution >= 0.6 is 11.6 Å². The largest absolute Gasteiger partial charge is 0.495 e. The zero-order valence-corrected chi connectivity index (χ0v) is 14.9. The summed E-state index contributed by atoms with van der Waals surface area (Å²) in [6, 6.07) is 12.8. The molecule has 6 nitrogen and oxygen atoms in total. The van der Waals surface area contributed by atoms with Gasteiger partial charge in [0.15, 0.2) is 18.5 Å². The molecule has 26 heavy (non-hydrogen) atoms. The average Bonchev–Trinajstić information content (AvgIpc) is 2.66. The minimum absolute atomic E-state index is 0.294. The van der Waals surface area contributed by atoms with E-state index in [1.165, 1.54) is 26.2 Å². The van der Waals surface area contributed by atoms with E-state index in [1.54, 1.807) is 30.3 Å². The highest BCUT2D eigenvalue weighted by Crippen LogP contribution is 2.25. The van der Waals surface area contributed by atoms with Crippen molar-refractivity contribution in [3.8, 4) is 17.6 Å². The molecule has 0 aliphatic carbocycles. The van der Waals surface area contributed by atoms with Crippen LogP contribution < -0.4 is 9.47 Å². The summed E-state index contributed by atoms with van der Waals surface area (Å²) in [5.41, 5.74) is 0.792. The van der Waals surface area contributed by atoms with Gasteiger partial charge in [-0.2, -0.15) is 5.26 Å². The van der Waals surface area contributed by atoms with E-state index >= 15 is 0 Å². The van der Waals surface area contributed by atoms with Crippen molar-refractivity contribution >= 4 is 23.4 Å². The number of hydrogen-bond acceptors (Lipinski definition) is 6. The Hall–Kier alpha value is -3.04. The lowest BCUT2D eigenvalue weighted by molar-refractivity contribution is -0.149. The Balaban J connectivity index is 1.89. The van der Waals surface area contributed by atoms with E-state index < -0.39 is 24.5 Å². The third-order valence-corrected chi connectivity index (χ3v) is 3.74. The number of ketones is 1. The predicted octanol–water partition coefficient (Wildman–Crippen LogP) is 3.41. The Morgan fingerprint density at radius 3 is 2.46 bits per heavy atom. The first-order chi connectivity index (χ1) is 12.4. The van der Waals surface area contributed by atoms with Crippen molar-refractivity contribution in [1.82, 2.24) is 0 Å². The number of carbonyl (C=O) groups is 2. The van der Waals surface area contributed by atoms with Crippen LogP contribution in [0.5, 0.6) is 11.5 Å². The van der Waals surface area contributed by atoms with Gasteiger partial charge in [0.05, 0.1) is 23.8 Å². The van der Waals surface area contributed by atoms with Gasteiger partial charge in [0.1, 0.15) is 11.5 Å². The van der Waals surface area contributed by atoms with Crippen LogP contribution in [0.2, 0.25) is 5.02 Å². The van der Waals surface area contributed by atoms with Crippen molar-refractivity contribution in [1.29, 1.82) is 5.26 Å². The van der Waals surface area contributed by atoms with Crippen molar-refractivity contribution in [3.05, 3.63) is 58.6 Å². The van der Waals surface area contributed by atoms with Crippen molar-refractivity contribution in [2.75, 3.05) is 13.7 Å². The highest BCUT2D eigenvalue weighted by atomic mass is 35.5. The van der Waals surface area contributed by atoms with Crippen LogP contribution in [0, 0.1) is 11.3 Å². The summed E-state index contributed by atoms with van der Waals surface area (Å²) in [7, 11) is 1.47.